The minimum Gasteiger partial charge on any atom is -0.477 e. The Bertz CT molecular complexity index is 1460. The van der Waals surface area contributed by atoms with E-state index in [1.165, 1.54) is 4.90 Å². The van der Waals surface area contributed by atoms with Crippen molar-refractivity contribution in [2.75, 3.05) is 26.2 Å². The second-order valence-electron chi connectivity index (χ2n) is 13.7. The molecule has 1 aromatic heterocycles. The number of amides is 3. The van der Waals surface area contributed by atoms with Crippen molar-refractivity contribution in [2.24, 2.45) is 5.92 Å². The SMILES string of the molecule is C.CC(C)OC(=O)N1CCC(COc2ccc(-c3ccc4c(c3)CN(C(=O)OC(C)(C)C)[C@H](C(=O)N3CCC[C@H]3C#N)C4)cn2)CC1. The quantitative estimate of drug-likeness (QED) is 0.363. The zero-order valence-corrected chi connectivity index (χ0v) is 27.5. The lowest BCUT2D eigenvalue weighted by Crippen LogP contribution is -2.55. The summed E-state index contributed by atoms with van der Waals surface area (Å²) in [7, 11) is 0. The molecule has 3 aliphatic rings. The first kappa shape index (κ1) is 35.5. The monoisotopic (exact) mass is 647 g/mol. The molecule has 0 N–H and O–H groups in total. The van der Waals surface area contributed by atoms with E-state index in [1.54, 1.807) is 36.8 Å². The van der Waals surface area contributed by atoms with Crippen LogP contribution >= 0.6 is 0 Å². The van der Waals surface area contributed by atoms with Gasteiger partial charge in [0.2, 0.25) is 11.8 Å². The molecule has 2 saturated heterocycles. The van der Waals surface area contributed by atoms with Crippen LogP contribution in [-0.4, -0.2) is 87.8 Å². The van der Waals surface area contributed by atoms with Crippen LogP contribution in [0.1, 0.15) is 78.9 Å². The van der Waals surface area contributed by atoms with E-state index in [4.69, 9.17) is 14.2 Å². The van der Waals surface area contributed by atoms with E-state index in [0.717, 1.165) is 41.5 Å². The van der Waals surface area contributed by atoms with Crippen LogP contribution in [-0.2, 0) is 27.2 Å². The summed E-state index contributed by atoms with van der Waals surface area (Å²) in [4.78, 5) is 48.6. The van der Waals surface area contributed by atoms with Crippen LogP contribution in [0.5, 0.6) is 5.88 Å². The predicted molar refractivity (Wildman–Crippen MR) is 177 cm³/mol. The topological polar surface area (TPSA) is 125 Å². The molecule has 5 rings (SSSR count). The van der Waals surface area contributed by atoms with Gasteiger partial charge in [-0.25, -0.2) is 14.6 Å². The van der Waals surface area contributed by atoms with Gasteiger partial charge in [-0.3, -0.25) is 9.69 Å². The predicted octanol–water partition coefficient (Wildman–Crippen LogP) is 6.20. The van der Waals surface area contributed by atoms with E-state index >= 15 is 0 Å². The maximum Gasteiger partial charge on any atom is 0.411 e. The van der Waals surface area contributed by atoms with E-state index in [-0.39, 0.29) is 32.1 Å². The Balaban J connectivity index is 0.00000500. The normalized spacial score (nSPS) is 19.8. The molecule has 0 saturated carbocycles. The summed E-state index contributed by atoms with van der Waals surface area (Å²) >= 11 is 0. The smallest absolute Gasteiger partial charge is 0.411 e. The van der Waals surface area contributed by atoms with Crippen LogP contribution in [0.4, 0.5) is 9.59 Å². The number of ether oxygens (including phenoxy) is 3. The standard InChI is InChI=1S/C35H45N5O6.CH4/c1-23(2)45-33(42)38-15-12-24(13-16-38)22-44-31-11-10-27(20-37-31)25-8-9-26-18-30(32(41)39-14-6-7-29(39)19-36)40(21-28(26)17-25)34(43)46-35(3,4)5;/h8-11,17,20,23-24,29-30H,6-7,12-16,18,21-22H2,1-5H3;1H4/t29-,30-;/m0./s1. The molecule has 2 atom stereocenters. The van der Waals surface area contributed by atoms with Gasteiger partial charge in [-0.2, -0.15) is 5.26 Å². The molecule has 47 heavy (non-hydrogen) atoms. The first-order valence-corrected chi connectivity index (χ1v) is 16.3. The molecule has 4 heterocycles. The van der Waals surface area contributed by atoms with Crippen LogP contribution in [0.25, 0.3) is 11.1 Å². The van der Waals surface area contributed by atoms with Crippen LogP contribution in [0.3, 0.4) is 0 Å². The first-order valence-electron chi connectivity index (χ1n) is 16.3. The van der Waals surface area contributed by atoms with Crippen molar-refractivity contribution in [1.29, 1.82) is 5.26 Å². The first-order chi connectivity index (χ1) is 21.9. The van der Waals surface area contributed by atoms with E-state index in [9.17, 15) is 19.6 Å². The summed E-state index contributed by atoms with van der Waals surface area (Å²) in [6.07, 6.45) is 4.33. The summed E-state index contributed by atoms with van der Waals surface area (Å²) < 4.78 is 17.0. The third-order valence-corrected chi connectivity index (χ3v) is 8.68. The maximum atomic E-state index is 13.7. The van der Waals surface area contributed by atoms with Gasteiger partial charge >= 0.3 is 12.2 Å². The minimum absolute atomic E-state index is 0. The number of nitrogens with zero attached hydrogens (tertiary/aromatic N) is 5. The van der Waals surface area contributed by atoms with E-state index in [2.05, 4.69) is 11.1 Å². The molecule has 0 aliphatic carbocycles. The van der Waals surface area contributed by atoms with Crippen LogP contribution in [0, 0.1) is 17.2 Å². The summed E-state index contributed by atoms with van der Waals surface area (Å²) in [5, 5.41) is 9.58. The molecular formula is C36H49N5O6. The van der Waals surface area contributed by atoms with Crippen LogP contribution < -0.4 is 4.74 Å². The zero-order chi connectivity index (χ0) is 33.0. The van der Waals surface area contributed by atoms with Gasteiger partial charge in [0.05, 0.1) is 25.3 Å². The summed E-state index contributed by atoms with van der Waals surface area (Å²) in [5.74, 6) is 0.673. The lowest BCUT2D eigenvalue weighted by atomic mass is 9.90. The highest BCUT2D eigenvalue weighted by Crippen LogP contribution is 2.32. The molecule has 2 fully saturated rings. The Morgan fingerprint density at radius 1 is 0.979 bits per heavy atom. The lowest BCUT2D eigenvalue weighted by Gasteiger charge is -2.39. The number of carbonyl (C=O) groups is 3. The average Bonchev–Trinajstić information content (AvgIpc) is 3.51. The third-order valence-electron chi connectivity index (χ3n) is 8.68. The highest BCUT2D eigenvalue weighted by atomic mass is 16.6. The fourth-order valence-corrected chi connectivity index (χ4v) is 6.25. The van der Waals surface area contributed by atoms with Gasteiger partial charge < -0.3 is 24.0 Å². The second kappa shape index (κ2) is 15.1. The zero-order valence-electron chi connectivity index (χ0n) is 27.5. The Hall–Kier alpha value is -4.33. The number of benzene rings is 1. The molecule has 0 radical (unpaired) electrons. The molecule has 0 unspecified atom stereocenters. The van der Waals surface area contributed by atoms with Crippen molar-refractivity contribution in [2.45, 2.75) is 104 Å². The molecule has 3 aliphatic heterocycles. The molecule has 0 bridgehead atoms. The Kier molecular flexibility index (Phi) is 11.4. The number of hydrogen-bond donors (Lipinski definition) is 0. The van der Waals surface area contributed by atoms with E-state index in [0.29, 0.717) is 50.9 Å². The fourth-order valence-electron chi connectivity index (χ4n) is 6.25. The van der Waals surface area contributed by atoms with E-state index in [1.807, 2.05) is 44.2 Å². The van der Waals surface area contributed by atoms with Crippen molar-refractivity contribution in [3.05, 3.63) is 47.7 Å². The maximum absolute atomic E-state index is 13.7. The molecular weight excluding hydrogens is 598 g/mol. The van der Waals surface area contributed by atoms with Gasteiger partial charge in [-0.15, -0.1) is 0 Å². The molecule has 0 spiro atoms. The molecule has 11 nitrogen and oxygen atoms in total. The molecule has 2 aromatic rings. The number of carbonyl (C=O) groups excluding carboxylic acids is 3. The van der Waals surface area contributed by atoms with Crippen molar-refractivity contribution in [1.82, 2.24) is 19.7 Å². The molecule has 254 valence electrons. The van der Waals surface area contributed by atoms with Crippen LogP contribution in [0.2, 0.25) is 0 Å². The van der Waals surface area contributed by atoms with Gasteiger partial charge in [0.25, 0.3) is 0 Å². The fraction of sp³-hybridized carbons (Fsp3) is 0.583. The summed E-state index contributed by atoms with van der Waals surface area (Å²) in [6, 6.07) is 10.9. The minimum atomic E-state index is -0.735. The second-order valence-corrected chi connectivity index (χ2v) is 13.7. The number of aromatic nitrogens is 1. The number of piperidine rings is 1. The number of pyridine rings is 1. The lowest BCUT2D eigenvalue weighted by molar-refractivity contribution is -0.137. The Labute approximate surface area is 278 Å². The summed E-state index contributed by atoms with van der Waals surface area (Å²) in [5.41, 5.74) is 3.06. The number of rotatable bonds is 6. The van der Waals surface area contributed by atoms with Gasteiger partial charge in [0.15, 0.2) is 0 Å². The van der Waals surface area contributed by atoms with Gasteiger partial charge in [0.1, 0.15) is 17.7 Å². The molecule has 11 heteroatoms. The highest BCUT2D eigenvalue weighted by Gasteiger charge is 2.41. The molecule has 3 amide bonds. The number of hydrogen-bond acceptors (Lipinski definition) is 8. The van der Waals surface area contributed by atoms with Crippen molar-refractivity contribution < 1.29 is 28.6 Å². The average molecular weight is 648 g/mol. The van der Waals surface area contributed by atoms with Gasteiger partial charge in [0, 0.05) is 43.9 Å². The number of likely N-dealkylation sites (tertiary alicyclic amines) is 2. The Morgan fingerprint density at radius 3 is 2.34 bits per heavy atom. The van der Waals surface area contributed by atoms with Crippen LogP contribution in [0.15, 0.2) is 36.5 Å². The summed E-state index contributed by atoms with van der Waals surface area (Å²) in [6.45, 7) is 11.7. The third kappa shape index (κ3) is 8.73. The van der Waals surface area contributed by atoms with Gasteiger partial charge in [-0.1, -0.05) is 19.6 Å². The van der Waals surface area contributed by atoms with Gasteiger partial charge in [-0.05, 0) is 95.0 Å². The Morgan fingerprint density at radius 2 is 1.70 bits per heavy atom. The number of fused-ring (bicyclic) bond motifs is 1. The molecule has 1 aromatic carbocycles. The number of nitriles is 1. The van der Waals surface area contributed by atoms with Crippen molar-refractivity contribution in [3.63, 3.8) is 0 Å². The largest absolute Gasteiger partial charge is 0.477 e. The van der Waals surface area contributed by atoms with Crippen molar-refractivity contribution >= 4 is 18.1 Å². The van der Waals surface area contributed by atoms with Crippen molar-refractivity contribution in [3.8, 4) is 23.1 Å². The highest BCUT2D eigenvalue weighted by molar-refractivity contribution is 5.87. The van der Waals surface area contributed by atoms with E-state index < -0.39 is 23.8 Å².